The van der Waals surface area contributed by atoms with Crippen LogP contribution in [0.2, 0.25) is 0 Å². The number of benzene rings is 1. The molecule has 0 aliphatic heterocycles. The Morgan fingerprint density at radius 2 is 1.96 bits per heavy atom. The van der Waals surface area contributed by atoms with Crippen LogP contribution in [0.3, 0.4) is 0 Å². The van der Waals surface area contributed by atoms with E-state index in [9.17, 15) is 22.8 Å². The first kappa shape index (κ1) is 17.1. The summed E-state index contributed by atoms with van der Waals surface area (Å²) in [6, 6.07) is 4.06. The van der Waals surface area contributed by atoms with Gasteiger partial charge in [-0.3, -0.25) is 9.59 Å². The molecular formula is C16H16F3NO3. The number of ether oxygens (including phenoxy) is 1. The van der Waals surface area contributed by atoms with Crippen molar-refractivity contribution in [2.24, 2.45) is 5.92 Å². The molecule has 124 valence electrons. The number of alkyl halides is 3. The summed E-state index contributed by atoms with van der Waals surface area (Å²) < 4.78 is 42.4. The second-order valence-electron chi connectivity index (χ2n) is 5.17. The number of hydrogen-bond donors (Lipinski definition) is 1. The number of Topliss-reactive ketones (excluding diaryl/α,β-unsaturated/α-hetero) is 1. The average Bonchev–Trinajstić information content (AvgIpc) is 3.24. The Balaban J connectivity index is 1.84. The number of allylic oxidation sites excluding steroid dienone is 1. The first-order valence-corrected chi connectivity index (χ1v) is 7.11. The SMILES string of the molecule is CCO/C=C1\CC1C(=O)CC(=O)Nc1ccc(C(F)(F)F)cc1. The van der Waals surface area contributed by atoms with Crippen LogP contribution in [0.15, 0.2) is 36.1 Å². The zero-order valence-corrected chi connectivity index (χ0v) is 12.4. The molecule has 1 aromatic rings. The zero-order chi connectivity index (χ0) is 17.0. The third-order valence-electron chi connectivity index (χ3n) is 3.35. The van der Waals surface area contributed by atoms with E-state index in [4.69, 9.17) is 4.74 Å². The summed E-state index contributed by atoms with van der Waals surface area (Å²) in [6.45, 7) is 2.34. The molecule has 7 heteroatoms. The number of anilines is 1. The van der Waals surface area contributed by atoms with Crippen molar-refractivity contribution in [2.75, 3.05) is 11.9 Å². The number of hydrogen-bond acceptors (Lipinski definition) is 3. The molecule has 4 nitrogen and oxygen atoms in total. The lowest BCUT2D eigenvalue weighted by Crippen LogP contribution is -2.17. The van der Waals surface area contributed by atoms with Crippen molar-refractivity contribution in [3.8, 4) is 0 Å². The fraction of sp³-hybridized carbons (Fsp3) is 0.375. The van der Waals surface area contributed by atoms with Crippen LogP contribution in [0.5, 0.6) is 0 Å². The molecule has 1 unspecified atom stereocenters. The minimum Gasteiger partial charge on any atom is -0.502 e. The van der Waals surface area contributed by atoms with Gasteiger partial charge >= 0.3 is 6.18 Å². The molecule has 1 N–H and O–H groups in total. The Morgan fingerprint density at radius 3 is 2.52 bits per heavy atom. The molecule has 0 saturated heterocycles. The first-order valence-electron chi connectivity index (χ1n) is 7.11. The summed E-state index contributed by atoms with van der Waals surface area (Å²) in [5, 5.41) is 2.41. The topological polar surface area (TPSA) is 55.4 Å². The average molecular weight is 327 g/mol. The van der Waals surface area contributed by atoms with Gasteiger partial charge in [0.25, 0.3) is 0 Å². The smallest absolute Gasteiger partial charge is 0.416 e. The summed E-state index contributed by atoms with van der Waals surface area (Å²) in [5.41, 5.74) is 0.283. The van der Waals surface area contributed by atoms with Gasteiger partial charge in [0.15, 0.2) is 0 Å². The highest BCUT2D eigenvalue weighted by Crippen LogP contribution is 2.39. The Kier molecular flexibility index (Phi) is 5.08. The van der Waals surface area contributed by atoms with E-state index in [1.54, 1.807) is 0 Å². The van der Waals surface area contributed by atoms with Crippen LogP contribution in [0, 0.1) is 5.92 Å². The van der Waals surface area contributed by atoms with Crippen molar-refractivity contribution in [1.82, 2.24) is 0 Å². The van der Waals surface area contributed by atoms with Crippen molar-refractivity contribution in [1.29, 1.82) is 0 Å². The van der Waals surface area contributed by atoms with Gasteiger partial charge in [0.05, 0.1) is 24.9 Å². The number of nitrogens with one attached hydrogen (secondary N) is 1. The number of halogens is 3. The van der Waals surface area contributed by atoms with Gasteiger partial charge in [-0.15, -0.1) is 0 Å². The molecule has 0 radical (unpaired) electrons. The number of rotatable bonds is 6. The van der Waals surface area contributed by atoms with Crippen LogP contribution in [0.4, 0.5) is 18.9 Å². The van der Waals surface area contributed by atoms with E-state index in [1.807, 2.05) is 6.92 Å². The van der Waals surface area contributed by atoms with E-state index >= 15 is 0 Å². The third kappa shape index (κ3) is 4.84. The van der Waals surface area contributed by atoms with Gasteiger partial charge in [-0.05, 0) is 43.2 Å². The molecule has 1 aromatic carbocycles. The number of amides is 1. The lowest BCUT2D eigenvalue weighted by molar-refractivity contribution is -0.137. The molecule has 1 saturated carbocycles. The maximum atomic E-state index is 12.4. The van der Waals surface area contributed by atoms with E-state index < -0.39 is 17.6 Å². The Labute approximate surface area is 131 Å². The molecule has 23 heavy (non-hydrogen) atoms. The molecule has 0 spiro atoms. The van der Waals surface area contributed by atoms with Gasteiger partial charge < -0.3 is 10.1 Å². The predicted molar refractivity (Wildman–Crippen MR) is 77.5 cm³/mol. The molecule has 0 bridgehead atoms. The molecule has 1 aliphatic carbocycles. The Morgan fingerprint density at radius 1 is 1.30 bits per heavy atom. The van der Waals surface area contributed by atoms with Gasteiger partial charge in [0.2, 0.25) is 5.91 Å². The molecule has 1 aliphatic rings. The fourth-order valence-electron chi connectivity index (χ4n) is 2.05. The summed E-state index contributed by atoms with van der Waals surface area (Å²) in [4.78, 5) is 23.6. The Bertz CT molecular complexity index is 620. The van der Waals surface area contributed by atoms with Crippen molar-refractivity contribution >= 4 is 17.4 Å². The lowest BCUT2D eigenvalue weighted by Gasteiger charge is -2.08. The molecule has 2 rings (SSSR count). The van der Waals surface area contributed by atoms with E-state index in [0.717, 1.165) is 29.8 Å². The standard InChI is InChI=1S/C16H16F3NO3/c1-2-23-9-10-7-13(10)14(21)8-15(22)20-12-5-3-11(4-6-12)16(17,18)19/h3-6,9,13H,2,7-8H2,1H3,(H,20,22)/b10-9+. The van der Waals surface area contributed by atoms with Crippen molar-refractivity contribution in [3.63, 3.8) is 0 Å². The quantitative estimate of drug-likeness (QED) is 0.642. The summed E-state index contributed by atoms with van der Waals surface area (Å²) in [6.07, 6.45) is -2.61. The molecule has 1 atom stereocenters. The summed E-state index contributed by atoms with van der Waals surface area (Å²) in [7, 11) is 0. The number of carbonyl (C=O) groups is 2. The summed E-state index contributed by atoms with van der Waals surface area (Å²) in [5.74, 6) is -1.04. The van der Waals surface area contributed by atoms with Crippen LogP contribution < -0.4 is 5.32 Å². The molecule has 0 aromatic heterocycles. The van der Waals surface area contributed by atoms with Crippen LogP contribution in [-0.4, -0.2) is 18.3 Å². The fourth-order valence-corrected chi connectivity index (χ4v) is 2.05. The van der Waals surface area contributed by atoms with Crippen molar-refractivity contribution in [2.45, 2.75) is 25.9 Å². The third-order valence-corrected chi connectivity index (χ3v) is 3.35. The minimum atomic E-state index is -4.42. The largest absolute Gasteiger partial charge is 0.502 e. The Hall–Kier alpha value is -2.31. The highest BCUT2D eigenvalue weighted by molar-refractivity contribution is 6.07. The van der Waals surface area contributed by atoms with Crippen molar-refractivity contribution < 1.29 is 27.5 Å². The van der Waals surface area contributed by atoms with E-state index in [-0.39, 0.29) is 23.8 Å². The molecule has 1 amide bonds. The second kappa shape index (κ2) is 6.85. The molecular weight excluding hydrogens is 311 g/mol. The molecule has 0 heterocycles. The van der Waals surface area contributed by atoms with Crippen molar-refractivity contribution in [3.05, 3.63) is 41.7 Å². The maximum absolute atomic E-state index is 12.4. The van der Waals surface area contributed by atoms with E-state index in [2.05, 4.69) is 5.32 Å². The van der Waals surface area contributed by atoms with Gasteiger partial charge in [0.1, 0.15) is 5.78 Å². The van der Waals surface area contributed by atoms with Crippen LogP contribution >= 0.6 is 0 Å². The van der Waals surface area contributed by atoms with Gasteiger partial charge in [-0.25, -0.2) is 0 Å². The van der Waals surface area contributed by atoms with E-state index in [1.165, 1.54) is 6.26 Å². The highest BCUT2D eigenvalue weighted by atomic mass is 19.4. The van der Waals surface area contributed by atoms with Crippen LogP contribution in [0.25, 0.3) is 0 Å². The van der Waals surface area contributed by atoms with Gasteiger partial charge in [-0.2, -0.15) is 13.2 Å². The van der Waals surface area contributed by atoms with E-state index in [0.29, 0.717) is 13.0 Å². The first-order chi connectivity index (χ1) is 10.8. The minimum absolute atomic E-state index is 0.219. The molecule has 1 fully saturated rings. The van der Waals surface area contributed by atoms with Gasteiger partial charge in [-0.1, -0.05) is 0 Å². The zero-order valence-electron chi connectivity index (χ0n) is 12.4. The second-order valence-corrected chi connectivity index (χ2v) is 5.17. The highest BCUT2D eigenvalue weighted by Gasteiger charge is 2.37. The van der Waals surface area contributed by atoms with Crippen LogP contribution in [0.1, 0.15) is 25.3 Å². The summed E-state index contributed by atoms with van der Waals surface area (Å²) >= 11 is 0. The van der Waals surface area contributed by atoms with Crippen LogP contribution in [-0.2, 0) is 20.5 Å². The normalized spacial score (nSPS) is 18.6. The maximum Gasteiger partial charge on any atom is 0.416 e. The van der Waals surface area contributed by atoms with Gasteiger partial charge in [0, 0.05) is 11.6 Å². The number of carbonyl (C=O) groups excluding carboxylic acids is 2. The number of ketones is 1. The predicted octanol–water partition coefficient (Wildman–Crippen LogP) is 3.54. The lowest BCUT2D eigenvalue weighted by atomic mass is 10.1. The monoisotopic (exact) mass is 327 g/mol.